The Labute approximate surface area is 200 Å². The van der Waals surface area contributed by atoms with Gasteiger partial charge in [0.25, 0.3) is 0 Å². The molecule has 160 valence electrons. The minimum atomic E-state index is 0.254. The van der Waals surface area contributed by atoms with Gasteiger partial charge in [0.1, 0.15) is 0 Å². The average Bonchev–Trinajstić information content (AvgIpc) is 3.22. The van der Waals surface area contributed by atoms with Crippen LogP contribution in [0.1, 0.15) is 0 Å². The van der Waals surface area contributed by atoms with E-state index in [1.807, 2.05) is 12.1 Å². The van der Waals surface area contributed by atoms with Crippen molar-refractivity contribution in [2.75, 3.05) is 0 Å². The van der Waals surface area contributed by atoms with Gasteiger partial charge in [-0.2, -0.15) is 0 Å². The molecule has 3 nitrogen and oxygen atoms in total. The van der Waals surface area contributed by atoms with E-state index in [4.69, 9.17) is 16.6 Å². The highest BCUT2D eigenvalue weighted by Gasteiger charge is 2.16. The molecule has 0 atom stereocenters. The molecular weight excluding hydrogens is 438 g/mol. The number of aromatic nitrogens is 3. The van der Waals surface area contributed by atoms with Crippen molar-refractivity contribution in [1.29, 1.82) is 0 Å². The number of halogens is 1. The van der Waals surface area contributed by atoms with Crippen LogP contribution in [0.2, 0.25) is 5.28 Å². The van der Waals surface area contributed by atoms with E-state index in [9.17, 15) is 0 Å². The van der Waals surface area contributed by atoms with Crippen LogP contribution in [-0.2, 0) is 0 Å². The van der Waals surface area contributed by atoms with Crippen LogP contribution in [0.3, 0.4) is 0 Å². The van der Waals surface area contributed by atoms with Crippen LogP contribution in [0.25, 0.3) is 60.4 Å². The largest absolute Gasteiger partial charge is 0.309 e. The number of hydrogen-bond donors (Lipinski definition) is 0. The standard InChI is InChI=1S/C30H18ClN3/c31-30-32-25-16-14-19-8-4-5-11-22(19)28(25)29(33-30)20-15-17-27-24(18-20)23-12-6-7-13-26(23)34(27)21-9-2-1-3-10-21/h1-18H. The fraction of sp³-hybridized carbons (Fsp3) is 0. The molecule has 34 heavy (non-hydrogen) atoms. The molecule has 0 unspecified atom stereocenters. The summed E-state index contributed by atoms with van der Waals surface area (Å²) in [4.78, 5) is 9.24. The van der Waals surface area contributed by atoms with Crippen molar-refractivity contribution in [2.24, 2.45) is 0 Å². The highest BCUT2D eigenvalue weighted by molar-refractivity contribution is 6.29. The molecule has 5 aromatic carbocycles. The first-order chi connectivity index (χ1) is 16.8. The molecule has 0 fully saturated rings. The fourth-order valence-electron chi connectivity index (χ4n) is 5.06. The molecule has 0 spiro atoms. The second-order valence-electron chi connectivity index (χ2n) is 8.44. The molecule has 0 amide bonds. The smallest absolute Gasteiger partial charge is 0.223 e. The lowest BCUT2D eigenvalue weighted by Gasteiger charge is -2.11. The monoisotopic (exact) mass is 455 g/mol. The van der Waals surface area contributed by atoms with Gasteiger partial charge in [0, 0.05) is 27.4 Å². The lowest BCUT2D eigenvalue weighted by molar-refractivity contribution is 1.18. The van der Waals surface area contributed by atoms with E-state index in [2.05, 4.69) is 107 Å². The van der Waals surface area contributed by atoms with Crippen molar-refractivity contribution in [3.63, 3.8) is 0 Å². The summed E-state index contributed by atoms with van der Waals surface area (Å²) in [6, 6.07) is 38.0. The van der Waals surface area contributed by atoms with Crippen LogP contribution in [0.5, 0.6) is 0 Å². The van der Waals surface area contributed by atoms with E-state index in [1.54, 1.807) is 0 Å². The van der Waals surface area contributed by atoms with Gasteiger partial charge in [-0.1, -0.05) is 72.8 Å². The predicted octanol–water partition coefficient (Wildman–Crippen LogP) is 8.20. The Bertz CT molecular complexity index is 1870. The summed E-state index contributed by atoms with van der Waals surface area (Å²) >= 11 is 6.40. The molecule has 0 N–H and O–H groups in total. The molecule has 0 aliphatic heterocycles. The highest BCUT2D eigenvalue weighted by Crippen LogP contribution is 2.38. The number of benzene rings is 5. The third kappa shape index (κ3) is 2.84. The Morgan fingerprint density at radius 1 is 0.588 bits per heavy atom. The van der Waals surface area contributed by atoms with Crippen LogP contribution in [0.15, 0.2) is 109 Å². The van der Waals surface area contributed by atoms with Gasteiger partial charge in [-0.15, -0.1) is 0 Å². The first-order valence-electron chi connectivity index (χ1n) is 11.2. The summed E-state index contributed by atoms with van der Waals surface area (Å²) in [6.45, 7) is 0. The van der Waals surface area contributed by atoms with Gasteiger partial charge >= 0.3 is 0 Å². The molecule has 0 saturated carbocycles. The second-order valence-corrected chi connectivity index (χ2v) is 8.78. The van der Waals surface area contributed by atoms with Crippen LogP contribution < -0.4 is 0 Å². The molecule has 0 aliphatic carbocycles. The van der Waals surface area contributed by atoms with Gasteiger partial charge in [-0.25, -0.2) is 9.97 Å². The van der Waals surface area contributed by atoms with E-state index >= 15 is 0 Å². The fourth-order valence-corrected chi connectivity index (χ4v) is 5.23. The Morgan fingerprint density at radius 3 is 2.21 bits per heavy atom. The SMILES string of the molecule is Clc1nc(-c2ccc3c(c2)c2ccccc2n3-c2ccccc2)c2c(ccc3ccccc32)n1. The maximum atomic E-state index is 6.40. The summed E-state index contributed by atoms with van der Waals surface area (Å²) in [5.41, 5.74) is 6.20. The number of hydrogen-bond acceptors (Lipinski definition) is 2. The lowest BCUT2D eigenvalue weighted by atomic mass is 9.99. The zero-order valence-electron chi connectivity index (χ0n) is 18.1. The van der Waals surface area contributed by atoms with Crippen molar-refractivity contribution in [3.05, 3.63) is 114 Å². The molecule has 7 aromatic rings. The van der Waals surface area contributed by atoms with Crippen LogP contribution >= 0.6 is 11.6 Å². The molecule has 2 heterocycles. The molecule has 7 rings (SSSR count). The number of para-hydroxylation sites is 2. The maximum Gasteiger partial charge on any atom is 0.223 e. The summed E-state index contributed by atoms with van der Waals surface area (Å²) in [5, 5.41) is 5.94. The van der Waals surface area contributed by atoms with Crippen molar-refractivity contribution in [2.45, 2.75) is 0 Å². The summed E-state index contributed by atoms with van der Waals surface area (Å²) in [5.74, 6) is 0. The summed E-state index contributed by atoms with van der Waals surface area (Å²) in [6.07, 6.45) is 0. The highest BCUT2D eigenvalue weighted by atomic mass is 35.5. The van der Waals surface area contributed by atoms with Crippen molar-refractivity contribution < 1.29 is 0 Å². The Kier molecular flexibility index (Phi) is 4.20. The Balaban J connectivity index is 1.58. The van der Waals surface area contributed by atoms with Gasteiger partial charge in [0.05, 0.1) is 22.2 Å². The molecule has 0 aliphatic rings. The van der Waals surface area contributed by atoms with Gasteiger partial charge in [0.2, 0.25) is 5.28 Å². The normalized spacial score (nSPS) is 11.7. The van der Waals surface area contributed by atoms with Crippen LogP contribution in [-0.4, -0.2) is 14.5 Å². The summed E-state index contributed by atoms with van der Waals surface area (Å²) < 4.78 is 2.31. The minimum absolute atomic E-state index is 0.254. The molecular formula is C30H18ClN3. The minimum Gasteiger partial charge on any atom is -0.309 e. The predicted molar refractivity (Wildman–Crippen MR) is 142 cm³/mol. The quantitative estimate of drug-likeness (QED) is 0.194. The van der Waals surface area contributed by atoms with Gasteiger partial charge < -0.3 is 4.57 Å². The third-order valence-corrected chi connectivity index (χ3v) is 6.69. The van der Waals surface area contributed by atoms with E-state index in [1.165, 1.54) is 16.3 Å². The van der Waals surface area contributed by atoms with Gasteiger partial charge in [-0.3, -0.25) is 0 Å². The molecule has 0 bridgehead atoms. The first-order valence-corrected chi connectivity index (χ1v) is 11.6. The van der Waals surface area contributed by atoms with E-state index < -0.39 is 0 Å². The maximum absolute atomic E-state index is 6.40. The van der Waals surface area contributed by atoms with Crippen molar-refractivity contribution >= 4 is 55.1 Å². The van der Waals surface area contributed by atoms with Crippen molar-refractivity contribution in [3.8, 4) is 16.9 Å². The van der Waals surface area contributed by atoms with Crippen molar-refractivity contribution in [1.82, 2.24) is 14.5 Å². The second kappa shape index (κ2) is 7.41. The van der Waals surface area contributed by atoms with Gasteiger partial charge in [0.15, 0.2) is 0 Å². The number of fused-ring (bicyclic) bond motifs is 6. The topological polar surface area (TPSA) is 30.7 Å². The molecule has 2 aromatic heterocycles. The zero-order valence-corrected chi connectivity index (χ0v) is 18.9. The lowest BCUT2D eigenvalue weighted by Crippen LogP contribution is -1.94. The van der Waals surface area contributed by atoms with Crippen LogP contribution in [0.4, 0.5) is 0 Å². The van der Waals surface area contributed by atoms with E-state index in [0.29, 0.717) is 0 Å². The number of rotatable bonds is 2. The zero-order chi connectivity index (χ0) is 22.6. The Hall–Kier alpha value is -4.21. The Morgan fingerprint density at radius 2 is 1.32 bits per heavy atom. The molecule has 0 radical (unpaired) electrons. The molecule has 4 heteroatoms. The van der Waals surface area contributed by atoms with E-state index in [-0.39, 0.29) is 5.28 Å². The molecule has 0 saturated heterocycles. The van der Waals surface area contributed by atoms with Crippen LogP contribution in [0, 0.1) is 0 Å². The summed E-state index contributed by atoms with van der Waals surface area (Å²) in [7, 11) is 0. The van der Waals surface area contributed by atoms with Gasteiger partial charge in [-0.05, 0) is 58.8 Å². The number of nitrogens with zero attached hydrogens (tertiary/aromatic N) is 3. The van der Waals surface area contributed by atoms with E-state index in [0.717, 1.165) is 44.1 Å². The third-order valence-electron chi connectivity index (χ3n) is 6.52. The average molecular weight is 456 g/mol. The first kappa shape index (κ1) is 19.3.